The van der Waals surface area contributed by atoms with E-state index < -0.39 is 0 Å². The van der Waals surface area contributed by atoms with E-state index in [-0.39, 0.29) is 11.5 Å². The molecule has 0 bridgehead atoms. The quantitative estimate of drug-likeness (QED) is 0.841. The Hall–Kier alpha value is -1.77. The Labute approximate surface area is 133 Å². The van der Waals surface area contributed by atoms with Crippen LogP contribution in [0.2, 0.25) is 0 Å². The number of nitrogens with zero attached hydrogens (tertiary/aromatic N) is 1. The number of ether oxygens (including phenoxy) is 1. The van der Waals surface area contributed by atoms with Crippen molar-refractivity contribution >= 4 is 11.8 Å². The molecular weight excluding hydrogens is 274 g/mol. The van der Waals surface area contributed by atoms with E-state index in [4.69, 9.17) is 4.74 Å². The fourth-order valence-corrected chi connectivity index (χ4v) is 2.64. The van der Waals surface area contributed by atoms with E-state index in [0.717, 1.165) is 21.9 Å². The molecular formula is C19H29NO2. The van der Waals surface area contributed by atoms with Gasteiger partial charge in [0.25, 0.3) is 0 Å². The lowest BCUT2D eigenvalue weighted by Crippen LogP contribution is -2.51. The Morgan fingerprint density at radius 2 is 1.95 bits per heavy atom. The maximum Gasteiger partial charge on any atom is 0.192 e. The van der Waals surface area contributed by atoms with Crippen molar-refractivity contribution in [2.45, 2.75) is 54.5 Å². The number of hydrogen-bond acceptors (Lipinski definition) is 2. The number of hydrogen-bond donors (Lipinski definition) is 0. The number of aryl methyl sites for hydroxylation is 1. The van der Waals surface area contributed by atoms with Crippen molar-refractivity contribution in [2.75, 3.05) is 6.61 Å². The first-order chi connectivity index (χ1) is 10.5. The molecule has 22 heavy (non-hydrogen) atoms. The first-order valence-electron chi connectivity index (χ1n) is 8.15. The smallest absolute Gasteiger partial charge is 0.192 e. The molecule has 0 fully saturated rings. The fraction of sp³-hybridized carbons (Fsp3) is 0.526. The van der Waals surface area contributed by atoms with E-state index in [9.17, 15) is 4.79 Å². The summed E-state index contributed by atoms with van der Waals surface area (Å²) in [5, 5.41) is 1.65. The highest BCUT2D eigenvalue weighted by Crippen LogP contribution is 2.20. The Balaban J connectivity index is 0.00000116. The van der Waals surface area contributed by atoms with Crippen LogP contribution in [0.4, 0.5) is 0 Å². The molecule has 1 aliphatic rings. The van der Waals surface area contributed by atoms with Crippen molar-refractivity contribution in [3.05, 3.63) is 44.7 Å². The summed E-state index contributed by atoms with van der Waals surface area (Å²) in [4.78, 5) is 12.4. The number of aromatic nitrogens is 1. The largest absolute Gasteiger partial charge is 0.494 e. The summed E-state index contributed by atoms with van der Waals surface area (Å²) in [7, 11) is 0. The van der Waals surface area contributed by atoms with Crippen LogP contribution in [0.5, 0.6) is 0 Å². The van der Waals surface area contributed by atoms with Crippen LogP contribution >= 0.6 is 0 Å². The molecule has 2 heterocycles. The molecule has 3 heteroatoms. The molecule has 0 saturated carbocycles. The molecule has 3 nitrogen and oxygen atoms in total. The lowest BCUT2D eigenvalue weighted by Gasteiger charge is -2.30. The van der Waals surface area contributed by atoms with Crippen molar-refractivity contribution in [3.63, 3.8) is 0 Å². The van der Waals surface area contributed by atoms with Gasteiger partial charge in [0.1, 0.15) is 12.4 Å². The van der Waals surface area contributed by atoms with Gasteiger partial charge in [0, 0.05) is 17.0 Å². The molecule has 0 saturated heterocycles. The molecule has 122 valence electrons. The van der Waals surface area contributed by atoms with Gasteiger partial charge in [-0.15, -0.1) is 0 Å². The van der Waals surface area contributed by atoms with Crippen molar-refractivity contribution in [1.82, 2.24) is 4.57 Å². The van der Waals surface area contributed by atoms with E-state index in [1.807, 2.05) is 59.0 Å². The minimum atomic E-state index is 0.0849. The Morgan fingerprint density at radius 1 is 1.32 bits per heavy atom. The van der Waals surface area contributed by atoms with Crippen molar-refractivity contribution < 1.29 is 4.74 Å². The highest BCUT2D eigenvalue weighted by atomic mass is 16.5. The summed E-state index contributed by atoms with van der Waals surface area (Å²) in [6, 6.07) is 0.269. The monoisotopic (exact) mass is 303 g/mol. The van der Waals surface area contributed by atoms with Gasteiger partial charge in [-0.3, -0.25) is 4.79 Å². The summed E-state index contributed by atoms with van der Waals surface area (Å²) in [5.41, 5.74) is 0.867. The predicted octanol–water partition coefficient (Wildman–Crippen LogP) is 2.89. The minimum absolute atomic E-state index is 0.0849. The van der Waals surface area contributed by atoms with E-state index in [0.29, 0.717) is 12.5 Å². The zero-order chi connectivity index (χ0) is 16.9. The second-order valence-corrected chi connectivity index (χ2v) is 5.68. The van der Waals surface area contributed by atoms with Crippen molar-refractivity contribution in [3.8, 4) is 0 Å². The second kappa shape index (κ2) is 8.02. The van der Waals surface area contributed by atoms with Gasteiger partial charge in [-0.2, -0.15) is 0 Å². The highest BCUT2D eigenvalue weighted by molar-refractivity contribution is 5.42. The molecule has 0 radical (unpaired) electrons. The molecule has 0 amide bonds. The maximum absolute atomic E-state index is 12.4. The van der Waals surface area contributed by atoms with E-state index >= 15 is 0 Å². The number of pyridine rings is 1. The summed E-state index contributed by atoms with van der Waals surface area (Å²) >= 11 is 0. The molecule has 1 unspecified atom stereocenters. The standard InChI is InChI=1S/C17H23NO2.C2H6/c1-6-7-8-14-16-13(5)20-10-15(11(2)3)18(16)9-12(4)17(14)19;1-2/h6-9,11,15H,10H2,1-5H3;1-2H3/b7-6-,14-8+;. The third kappa shape index (κ3) is 3.52. The van der Waals surface area contributed by atoms with Gasteiger partial charge in [0.05, 0.1) is 11.4 Å². The average molecular weight is 303 g/mol. The van der Waals surface area contributed by atoms with Crippen LogP contribution < -0.4 is 16.0 Å². The van der Waals surface area contributed by atoms with Crippen LogP contribution in [0.1, 0.15) is 53.1 Å². The van der Waals surface area contributed by atoms with Gasteiger partial charge < -0.3 is 9.30 Å². The third-order valence-electron chi connectivity index (χ3n) is 3.84. The summed E-state index contributed by atoms with van der Waals surface area (Å²) in [5.74, 6) is 1.29. The molecule has 0 aromatic carbocycles. The predicted molar refractivity (Wildman–Crippen MR) is 94.2 cm³/mol. The molecule has 1 aromatic heterocycles. The van der Waals surface area contributed by atoms with Crippen molar-refractivity contribution in [1.29, 1.82) is 0 Å². The summed E-state index contributed by atoms with van der Waals surface area (Å²) < 4.78 is 8.02. The van der Waals surface area contributed by atoms with E-state index in [2.05, 4.69) is 18.4 Å². The first-order valence-corrected chi connectivity index (χ1v) is 8.15. The van der Waals surface area contributed by atoms with E-state index in [1.165, 1.54) is 0 Å². The Bertz CT molecular complexity index is 708. The Morgan fingerprint density at radius 3 is 2.50 bits per heavy atom. The van der Waals surface area contributed by atoms with Gasteiger partial charge >= 0.3 is 0 Å². The number of allylic oxidation sites excluding steroid dienone is 2. The third-order valence-corrected chi connectivity index (χ3v) is 3.84. The number of rotatable bonds is 2. The van der Waals surface area contributed by atoms with Crippen LogP contribution in [0, 0.1) is 12.8 Å². The molecule has 0 spiro atoms. The van der Waals surface area contributed by atoms with Gasteiger partial charge in [-0.25, -0.2) is 0 Å². The Kier molecular flexibility index (Phi) is 6.66. The highest BCUT2D eigenvalue weighted by Gasteiger charge is 2.22. The summed E-state index contributed by atoms with van der Waals surface area (Å²) in [6.07, 6.45) is 7.69. The molecule has 1 aromatic rings. The lowest BCUT2D eigenvalue weighted by atomic mass is 10.0. The molecule has 2 rings (SSSR count). The molecule has 0 aliphatic carbocycles. The second-order valence-electron chi connectivity index (χ2n) is 5.68. The van der Waals surface area contributed by atoms with Crippen LogP contribution in [-0.2, 0) is 4.74 Å². The SMILES string of the molecule is C/C=C\C=c1\c(=O)c(C)cn2c1=C(C)OCC2C(C)C.CC. The van der Waals surface area contributed by atoms with Gasteiger partial charge in [-0.1, -0.05) is 39.8 Å². The zero-order valence-corrected chi connectivity index (χ0v) is 14.9. The molecule has 1 aliphatic heterocycles. The molecule has 0 N–H and O–H groups in total. The molecule has 1 atom stereocenters. The van der Waals surface area contributed by atoms with E-state index in [1.54, 1.807) is 0 Å². The number of fused-ring (bicyclic) bond motifs is 1. The fourth-order valence-electron chi connectivity index (χ4n) is 2.64. The normalized spacial score (nSPS) is 18.1. The van der Waals surface area contributed by atoms with Crippen LogP contribution in [-0.4, -0.2) is 11.2 Å². The zero-order valence-electron chi connectivity index (χ0n) is 14.9. The van der Waals surface area contributed by atoms with Crippen LogP contribution in [0.25, 0.3) is 11.8 Å². The first kappa shape index (κ1) is 18.3. The van der Waals surface area contributed by atoms with Crippen LogP contribution in [0.15, 0.2) is 23.1 Å². The average Bonchev–Trinajstić information content (AvgIpc) is 2.50. The maximum atomic E-state index is 12.4. The minimum Gasteiger partial charge on any atom is -0.494 e. The van der Waals surface area contributed by atoms with Gasteiger partial charge in [0.2, 0.25) is 0 Å². The topological polar surface area (TPSA) is 31.2 Å². The van der Waals surface area contributed by atoms with Crippen LogP contribution in [0.3, 0.4) is 0 Å². The van der Waals surface area contributed by atoms with Gasteiger partial charge in [-0.05, 0) is 32.8 Å². The lowest BCUT2D eigenvalue weighted by molar-refractivity contribution is 0.158. The summed E-state index contributed by atoms with van der Waals surface area (Å²) in [6.45, 7) is 14.8. The van der Waals surface area contributed by atoms with Gasteiger partial charge in [0.15, 0.2) is 5.43 Å². The van der Waals surface area contributed by atoms with Crippen molar-refractivity contribution in [2.24, 2.45) is 5.92 Å².